The second-order valence-electron chi connectivity index (χ2n) is 9.21. The third-order valence-electron chi connectivity index (χ3n) is 6.31. The summed E-state index contributed by atoms with van der Waals surface area (Å²) >= 11 is 0. The maximum atomic E-state index is 14.0. The number of H-pyrrole nitrogens is 1. The second-order valence-corrected chi connectivity index (χ2v) is 9.21. The summed E-state index contributed by atoms with van der Waals surface area (Å²) in [6, 6.07) is 14.1. The number of fused-ring (bicyclic) bond motifs is 1. The van der Waals surface area contributed by atoms with Gasteiger partial charge in [0.25, 0.3) is 11.8 Å². The first-order valence-electron chi connectivity index (χ1n) is 11.5. The quantitative estimate of drug-likeness (QED) is 0.508. The van der Waals surface area contributed by atoms with Crippen LogP contribution in [0.25, 0.3) is 22.8 Å². The maximum absolute atomic E-state index is 14.0. The van der Waals surface area contributed by atoms with E-state index in [1.807, 2.05) is 42.2 Å². The van der Waals surface area contributed by atoms with Crippen molar-refractivity contribution in [2.24, 2.45) is 0 Å². The van der Waals surface area contributed by atoms with E-state index in [1.54, 1.807) is 12.1 Å². The smallest absolute Gasteiger partial charge is 0.256 e. The summed E-state index contributed by atoms with van der Waals surface area (Å²) in [5.74, 6) is -0.660. The predicted octanol–water partition coefficient (Wildman–Crippen LogP) is 4.44. The number of hydrogen-bond donors (Lipinski definition) is 3. The molecule has 34 heavy (non-hydrogen) atoms. The molecule has 1 aromatic heterocycles. The van der Waals surface area contributed by atoms with E-state index in [1.165, 1.54) is 12.1 Å². The van der Waals surface area contributed by atoms with Gasteiger partial charge in [0.2, 0.25) is 0 Å². The van der Waals surface area contributed by atoms with Gasteiger partial charge in [-0.3, -0.25) is 9.59 Å². The fourth-order valence-electron chi connectivity index (χ4n) is 4.99. The molecule has 0 bridgehead atoms. The first-order valence-corrected chi connectivity index (χ1v) is 11.5. The van der Waals surface area contributed by atoms with Crippen LogP contribution in [-0.2, 0) is 4.79 Å². The number of nitrogens with one attached hydrogen (secondary N) is 3. The van der Waals surface area contributed by atoms with Gasteiger partial charge in [-0.1, -0.05) is 24.3 Å². The molecule has 2 atom stereocenters. The molecule has 3 N–H and O–H groups in total. The number of aromatic nitrogens is 1. The van der Waals surface area contributed by atoms with Crippen LogP contribution in [0.1, 0.15) is 41.2 Å². The van der Waals surface area contributed by atoms with E-state index in [-0.39, 0.29) is 29.7 Å². The Morgan fingerprint density at radius 2 is 1.82 bits per heavy atom. The summed E-state index contributed by atoms with van der Waals surface area (Å²) in [4.78, 5) is 31.6. The van der Waals surface area contributed by atoms with Gasteiger partial charge in [0.05, 0.1) is 16.8 Å². The fraction of sp³-hybridized carbons (Fsp3) is 0.259. The van der Waals surface area contributed by atoms with Crippen LogP contribution in [0.3, 0.4) is 0 Å². The van der Waals surface area contributed by atoms with E-state index in [9.17, 15) is 14.0 Å². The number of benzene rings is 2. The second kappa shape index (κ2) is 8.57. The first kappa shape index (κ1) is 22.1. The van der Waals surface area contributed by atoms with Crippen LogP contribution in [0.5, 0.6) is 0 Å². The van der Waals surface area contributed by atoms with Gasteiger partial charge in [0.15, 0.2) is 0 Å². The fourth-order valence-corrected chi connectivity index (χ4v) is 4.99. The molecule has 2 aromatic carbocycles. The Balaban J connectivity index is 1.58. The number of aromatic amines is 1. The molecule has 174 valence electrons. The lowest BCUT2D eigenvalue weighted by molar-refractivity contribution is -0.110. The van der Waals surface area contributed by atoms with E-state index in [4.69, 9.17) is 0 Å². The van der Waals surface area contributed by atoms with Crippen LogP contribution in [0, 0.1) is 12.7 Å². The number of piperazine rings is 1. The van der Waals surface area contributed by atoms with Gasteiger partial charge < -0.3 is 20.5 Å². The highest BCUT2D eigenvalue weighted by molar-refractivity contribution is 6.36. The molecule has 7 heteroatoms. The number of nitrogens with zero attached hydrogens (tertiary/aromatic N) is 1. The normalized spacial score (nSPS) is 21.0. The number of carbonyl (C=O) groups is 2. The third-order valence-corrected chi connectivity index (χ3v) is 6.31. The Hall–Kier alpha value is -3.71. The molecule has 0 aliphatic carbocycles. The van der Waals surface area contributed by atoms with E-state index in [0.29, 0.717) is 46.7 Å². The standard InChI is InChI=1S/C27H27FN4O2/c1-15-10-21(27(34)32-13-16(2)29-17(3)14-32)24(30-15)12-22-25-20(18-6-4-7-19(28)11-18)8-5-9-23(25)31-26(22)33/h4-12,16-17,29-30H,13-14H2,1-3H3,(H,31,33)/b22-12-/t16-,17+. The molecule has 2 aliphatic heterocycles. The summed E-state index contributed by atoms with van der Waals surface area (Å²) < 4.78 is 14.0. The maximum Gasteiger partial charge on any atom is 0.256 e. The van der Waals surface area contributed by atoms with Crippen LogP contribution in [0.2, 0.25) is 0 Å². The minimum Gasteiger partial charge on any atom is -0.358 e. The zero-order valence-electron chi connectivity index (χ0n) is 19.4. The number of amides is 2. The van der Waals surface area contributed by atoms with Gasteiger partial charge in [-0.05, 0) is 62.2 Å². The zero-order chi connectivity index (χ0) is 24.0. The van der Waals surface area contributed by atoms with Gasteiger partial charge in [-0.15, -0.1) is 0 Å². The van der Waals surface area contributed by atoms with Crippen LogP contribution in [0.15, 0.2) is 48.5 Å². The number of halogens is 1. The summed E-state index contributed by atoms with van der Waals surface area (Å²) in [6.07, 6.45) is 1.74. The number of rotatable bonds is 3. The van der Waals surface area contributed by atoms with Crippen molar-refractivity contribution in [3.63, 3.8) is 0 Å². The minimum atomic E-state index is -0.342. The predicted molar refractivity (Wildman–Crippen MR) is 132 cm³/mol. The zero-order valence-corrected chi connectivity index (χ0v) is 19.4. The van der Waals surface area contributed by atoms with Gasteiger partial charge in [0.1, 0.15) is 5.82 Å². The lowest BCUT2D eigenvalue weighted by Gasteiger charge is -2.36. The van der Waals surface area contributed by atoms with Crippen molar-refractivity contribution in [1.82, 2.24) is 15.2 Å². The van der Waals surface area contributed by atoms with Crippen LogP contribution < -0.4 is 10.6 Å². The average Bonchev–Trinajstić information content (AvgIpc) is 3.31. The Labute approximate surface area is 197 Å². The average molecular weight is 459 g/mol. The molecule has 6 nitrogen and oxygen atoms in total. The molecule has 0 radical (unpaired) electrons. The highest BCUT2D eigenvalue weighted by Crippen LogP contribution is 2.40. The van der Waals surface area contributed by atoms with E-state index in [0.717, 1.165) is 11.3 Å². The molecule has 1 fully saturated rings. The Kier molecular flexibility index (Phi) is 5.57. The summed E-state index contributed by atoms with van der Waals surface area (Å²) in [5, 5.41) is 6.35. The van der Waals surface area contributed by atoms with Crippen molar-refractivity contribution in [2.45, 2.75) is 32.9 Å². The summed E-state index contributed by atoms with van der Waals surface area (Å²) in [5.41, 5.74) is 5.21. The first-order chi connectivity index (χ1) is 16.3. The van der Waals surface area contributed by atoms with Gasteiger partial charge in [-0.25, -0.2) is 4.39 Å². The molecule has 1 saturated heterocycles. The topological polar surface area (TPSA) is 77.2 Å². The highest BCUT2D eigenvalue weighted by Gasteiger charge is 2.30. The van der Waals surface area contributed by atoms with Crippen molar-refractivity contribution in [3.8, 4) is 11.1 Å². The highest BCUT2D eigenvalue weighted by atomic mass is 19.1. The molecule has 2 aliphatic rings. The lowest BCUT2D eigenvalue weighted by Crippen LogP contribution is -2.55. The van der Waals surface area contributed by atoms with Crippen molar-refractivity contribution >= 4 is 29.2 Å². The van der Waals surface area contributed by atoms with E-state index < -0.39 is 0 Å². The van der Waals surface area contributed by atoms with Crippen molar-refractivity contribution in [2.75, 3.05) is 18.4 Å². The molecule has 3 heterocycles. The minimum absolute atomic E-state index is 0.0616. The molecular weight excluding hydrogens is 431 g/mol. The molecule has 0 saturated carbocycles. The van der Waals surface area contributed by atoms with Crippen LogP contribution >= 0.6 is 0 Å². The van der Waals surface area contributed by atoms with Crippen molar-refractivity contribution in [1.29, 1.82) is 0 Å². The molecule has 3 aromatic rings. The van der Waals surface area contributed by atoms with Crippen LogP contribution in [-0.4, -0.2) is 46.9 Å². The lowest BCUT2D eigenvalue weighted by atomic mass is 9.94. The SMILES string of the molecule is Cc1cc(C(=O)N2C[C@@H](C)N[C@@H](C)C2)c(/C=C2\C(=O)Nc3cccc(-c4cccc(F)c4)c32)[nH]1. The monoisotopic (exact) mass is 458 g/mol. The molecule has 2 amide bonds. The van der Waals surface area contributed by atoms with E-state index in [2.05, 4.69) is 29.5 Å². The molecule has 0 spiro atoms. The summed E-state index contributed by atoms with van der Waals surface area (Å²) in [6.45, 7) is 7.26. The van der Waals surface area contributed by atoms with Crippen molar-refractivity contribution in [3.05, 3.63) is 76.9 Å². The van der Waals surface area contributed by atoms with Crippen LogP contribution in [0.4, 0.5) is 10.1 Å². The summed E-state index contributed by atoms with van der Waals surface area (Å²) in [7, 11) is 0. The van der Waals surface area contributed by atoms with Gasteiger partial charge in [-0.2, -0.15) is 0 Å². The Bertz CT molecular complexity index is 1320. The molecular formula is C27H27FN4O2. The Morgan fingerprint density at radius 3 is 2.56 bits per heavy atom. The number of carbonyl (C=O) groups excluding carboxylic acids is 2. The Morgan fingerprint density at radius 1 is 1.09 bits per heavy atom. The van der Waals surface area contributed by atoms with Crippen molar-refractivity contribution < 1.29 is 14.0 Å². The molecule has 5 rings (SSSR count). The number of aryl methyl sites for hydroxylation is 1. The number of anilines is 1. The van der Waals surface area contributed by atoms with Gasteiger partial charge >= 0.3 is 0 Å². The van der Waals surface area contributed by atoms with Gasteiger partial charge in [0, 0.05) is 42.1 Å². The van der Waals surface area contributed by atoms with E-state index >= 15 is 0 Å². The molecule has 0 unspecified atom stereocenters. The largest absolute Gasteiger partial charge is 0.358 e. The third kappa shape index (κ3) is 4.03. The number of hydrogen-bond acceptors (Lipinski definition) is 3.